The van der Waals surface area contributed by atoms with Crippen molar-refractivity contribution in [1.29, 1.82) is 0 Å². The molecule has 1 aromatic heterocycles. The molecule has 0 aromatic carbocycles. The predicted molar refractivity (Wildman–Crippen MR) is 71.4 cm³/mol. The molecular formula is C13H24N4. The van der Waals surface area contributed by atoms with Crippen molar-refractivity contribution in [1.82, 2.24) is 15.1 Å². The summed E-state index contributed by atoms with van der Waals surface area (Å²) in [5.41, 5.74) is 1.27. The van der Waals surface area contributed by atoms with E-state index in [1.54, 1.807) is 0 Å². The molecule has 1 aliphatic heterocycles. The average Bonchev–Trinajstić information content (AvgIpc) is 2.70. The van der Waals surface area contributed by atoms with Gasteiger partial charge in [-0.05, 0) is 26.3 Å². The summed E-state index contributed by atoms with van der Waals surface area (Å²) in [5, 5.41) is 8.00. The highest BCUT2D eigenvalue weighted by molar-refractivity contribution is 5.42. The molecule has 0 aliphatic carbocycles. The van der Waals surface area contributed by atoms with E-state index in [0.29, 0.717) is 6.04 Å². The Morgan fingerprint density at radius 3 is 3.06 bits per heavy atom. The van der Waals surface area contributed by atoms with Gasteiger partial charge in [-0.25, -0.2) is 0 Å². The molecule has 0 radical (unpaired) electrons. The number of nitrogens with zero attached hydrogens (tertiary/aromatic N) is 3. The Bertz CT molecular complexity index is 334. The molecule has 2 rings (SSSR count). The second kappa shape index (κ2) is 6.05. The maximum Gasteiger partial charge on any atom is 0.0753 e. The minimum absolute atomic E-state index is 0.632. The second-order valence-corrected chi connectivity index (χ2v) is 4.79. The van der Waals surface area contributed by atoms with Crippen LogP contribution in [0, 0.1) is 0 Å². The molecule has 2 heterocycles. The van der Waals surface area contributed by atoms with Crippen LogP contribution in [0.25, 0.3) is 0 Å². The Morgan fingerprint density at radius 1 is 1.47 bits per heavy atom. The van der Waals surface area contributed by atoms with Gasteiger partial charge in [0.1, 0.15) is 0 Å². The Hall–Kier alpha value is -1.03. The van der Waals surface area contributed by atoms with Crippen LogP contribution in [0.3, 0.4) is 0 Å². The smallest absolute Gasteiger partial charge is 0.0753 e. The van der Waals surface area contributed by atoms with Crippen LogP contribution in [0.1, 0.15) is 33.1 Å². The monoisotopic (exact) mass is 236 g/mol. The minimum atomic E-state index is 0.632. The third-order valence-electron chi connectivity index (χ3n) is 3.42. The molecule has 1 atom stereocenters. The molecule has 17 heavy (non-hydrogen) atoms. The fourth-order valence-corrected chi connectivity index (χ4v) is 2.46. The highest BCUT2D eigenvalue weighted by atomic mass is 15.3. The van der Waals surface area contributed by atoms with E-state index in [-0.39, 0.29) is 0 Å². The number of aryl methyl sites for hydroxylation is 1. The van der Waals surface area contributed by atoms with Gasteiger partial charge in [0, 0.05) is 31.9 Å². The zero-order chi connectivity index (χ0) is 12.1. The van der Waals surface area contributed by atoms with Crippen molar-refractivity contribution < 1.29 is 0 Å². The first-order valence-corrected chi connectivity index (χ1v) is 6.84. The standard InChI is InChI=1S/C13H24N4/c1-3-6-12-10-16(8-5-7-14-12)13-9-15-17(4-2)11-13/h9,11-12,14H,3-8,10H2,1-2H3. The van der Waals surface area contributed by atoms with Crippen molar-refractivity contribution in [3.05, 3.63) is 12.4 Å². The maximum absolute atomic E-state index is 4.37. The van der Waals surface area contributed by atoms with Crippen molar-refractivity contribution in [2.45, 2.75) is 45.7 Å². The summed E-state index contributed by atoms with van der Waals surface area (Å²) in [5.74, 6) is 0. The molecule has 0 amide bonds. The Morgan fingerprint density at radius 2 is 2.35 bits per heavy atom. The third kappa shape index (κ3) is 3.22. The number of aromatic nitrogens is 2. The van der Waals surface area contributed by atoms with Gasteiger partial charge in [0.2, 0.25) is 0 Å². The molecule has 1 aromatic rings. The molecule has 0 spiro atoms. The highest BCUT2D eigenvalue weighted by Gasteiger charge is 2.18. The van der Waals surface area contributed by atoms with E-state index < -0.39 is 0 Å². The van der Waals surface area contributed by atoms with Gasteiger partial charge >= 0.3 is 0 Å². The van der Waals surface area contributed by atoms with Gasteiger partial charge in [-0.1, -0.05) is 13.3 Å². The molecule has 0 saturated carbocycles. The number of anilines is 1. The lowest BCUT2D eigenvalue weighted by Gasteiger charge is -2.24. The number of rotatable bonds is 4. The van der Waals surface area contributed by atoms with Crippen LogP contribution in [0.15, 0.2) is 12.4 Å². The second-order valence-electron chi connectivity index (χ2n) is 4.79. The third-order valence-corrected chi connectivity index (χ3v) is 3.42. The van der Waals surface area contributed by atoms with Gasteiger partial charge in [0.05, 0.1) is 11.9 Å². The van der Waals surface area contributed by atoms with Crippen LogP contribution < -0.4 is 10.2 Å². The largest absolute Gasteiger partial charge is 0.367 e. The molecular weight excluding hydrogens is 212 g/mol. The molecule has 1 fully saturated rings. The SMILES string of the molecule is CCCC1CN(c2cnn(CC)c2)CCCN1. The lowest BCUT2D eigenvalue weighted by atomic mass is 10.1. The van der Waals surface area contributed by atoms with Crippen molar-refractivity contribution in [2.75, 3.05) is 24.5 Å². The Kier molecular flexibility index (Phi) is 4.42. The molecule has 1 N–H and O–H groups in total. The quantitative estimate of drug-likeness (QED) is 0.866. The van der Waals surface area contributed by atoms with Gasteiger partial charge in [0.25, 0.3) is 0 Å². The molecule has 96 valence electrons. The summed E-state index contributed by atoms with van der Waals surface area (Å²) in [6, 6.07) is 0.632. The van der Waals surface area contributed by atoms with E-state index in [2.05, 4.69) is 35.4 Å². The van der Waals surface area contributed by atoms with Crippen LogP contribution in [0.4, 0.5) is 5.69 Å². The zero-order valence-electron chi connectivity index (χ0n) is 11.0. The van der Waals surface area contributed by atoms with E-state index in [1.807, 2.05) is 10.9 Å². The lowest BCUT2D eigenvalue weighted by Crippen LogP contribution is -2.37. The van der Waals surface area contributed by atoms with Crippen LogP contribution in [0.5, 0.6) is 0 Å². The van der Waals surface area contributed by atoms with E-state index in [4.69, 9.17) is 0 Å². The van der Waals surface area contributed by atoms with Gasteiger partial charge < -0.3 is 10.2 Å². The maximum atomic E-state index is 4.37. The topological polar surface area (TPSA) is 33.1 Å². The highest BCUT2D eigenvalue weighted by Crippen LogP contribution is 2.16. The average molecular weight is 236 g/mol. The van der Waals surface area contributed by atoms with Gasteiger partial charge in [-0.2, -0.15) is 5.10 Å². The van der Waals surface area contributed by atoms with Crippen LogP contribution in [0.2, 0.25) is 0 Å². The van der Waals surface area contributed by atoms with E-state index in [9.17, 15) is 0 Å². The molecule has 1 unspecified atom stereocenters. The molecule has 1 aliphatic rings. The molecule has 4 heteroatoms. The van der Waals surface area contributed by atoms with Crippen molar-refractivity contribution in [3.8, 4) is 0 Å². The number of hydrogen-bond donors (Lipinski definition) is 1. The Labute approximate surface area is 104 Å². The van der Waals surface area contributed by atoms with Crippen LogP contribution in [-0.4, -0.2) is 35.5 Å². The first kappa shape index (κ1) is 12.4. The number of nitrogens with one attached hydrogen (secondary N) is 1. The van der Waals surface area contributed by atoms with E-state index >= 15 is 0 Å². The van der Waals surface area contributed by atoms with Crippen LogP contribution in [-0.2, 0) is 6.54 Å². The summed E-state index contributed by atoms with van der Waals surface area (Å²) in [6.45, 7) is 8.73. The van der Waals surface area contributed by atoms with E-state index in [0.717, 1.165) is 26.2 Å². The van der Waals surface area contributed by atoms with E-state index in [1.165, 1.54) is 24.9 Å². The van der Waals surface area contributed by atoms with Crippen molar-refractivity contribution in [3.63, 3.8) is 0 Å². The summed E-state index contributed by atoms with van der Waals surface area (Å²) in [6.07, 6.45) is 7.89. The van der Waals surface area contributed by atoms with Crippen LogP contribution >= 0.6 is 0 Å². The first-order valence-electron chi connectivity index (χ1n) is 6.84. The van der Waals surface area contributed by atoms with Gasteiger partial charge in [-0.15, -0.1) is 0 Å². The summed E-state index contributed by atoms with van der Waals surface area (Å²) in [7, 11) is 0. The normalized spacial score (nSPS) is 21.5. The lowest BCUT2D eigenvalue weighted by molar-refractivity contribution is 0.502. The zero-order valence-corrected chi connectivity index (χ0v) is 11.0. The van der Waals surface area contributed by atoms with Gasteiger partial charge in [-0.3, -0.25) is 4.68 Å². The van der Waals surface area contributed by atoms with Gasteiger partial charge in [0.15, 0.2) is 0 Å². The van der Waals surface area contributed by atoms with Crippen molar-refractivity contribution in [2.24, 2.45) is 0 Å². The minimum Gasteiger partial charge on any atom is -0.367 e. The summed E-state index contributed by atoms with van der Waals surface area (Å²) >= 11 is 0. The molecule has 4 nitrogen and oxygen atoms in total. The molecule has 1 saturated heterocycles. The fourth-order valence-electron chi connectivity index (χ4n) is 2.46. The predicted octanol–water partition coefficient (Wildman–Crippen LogP) is 1.87. The number of hydrogen-bond acceptors (Lipinski definition) is 3. The summed E-state index contributed by atoms with van der Waals surface area (Å²) < 4.78 is 2.00. The molecule has 0 bridgehead atoms. The Balaban J connectivity index is 2.02. The first-order chi connectivity index (χ1) is 8.33. The van der Waals surface area contributed by atoms with Crippen molar-refractivity contribution >= 4 is 5.69 Å². The fraction of sp³-hybridized carbons (Fsp3) is 0.769. The summed E-state index contributed by atoms with van der Waals surface area (Å²) in [4.78, 5) is 2.47.